The monoisotopic (exact) mass is 354 g/mol. The van der Waals surface area contributed by atoms with Crippen molar-refractivity contribution in [2.45, 2.75) is 25.2 Å². The summed E-state index contributed by atoms with van der Waals surface area (Å²) in [6, 6.07) is 8.12. The Kier molecular flexibility index (Phi) is 6.90. The summed E-state index contributed by atoms with van der Waals surface area (Å²) in [5.74, 6) is 1.40. The molecule has 0 bridgehead atoms. The van der Waals surface area contributed by atoms with Crippen LogP contribution in [0.5, 0.6) is 5.75 Å². The minimum Gasteiger partial charge on any atom is -0.493 e. The number of para-hydroxylation sites is 1. The average molecular weight is 355 g/mol. The van der Waals surface area contributed by atoms with Crippen molar-refractivity contribution in [2.75, 3.05) is 40.0 Å². The van der Waals surface area contributed by atoms with Crippen LogP contribution in [0, 0.1) is 5.41 Å². The molecule has 1 fully saturated rings. The van der Waals surface area contributed by atoms with Crippen LogP contribution in [0.3, 0.4) is 0 Å². The molecule has 2 heterocycles. The summed E-state index contributed by atoms with van der Waals surface area (Å²) in [5, 5.41) is 6.51. The molecule has 0 aromatic heterocycles. The fourth-order valence-corrected chi connectivity index (χ4v) is 3.65. The molecule has 24 heavy (non-hydrogen) atoms. The molecule has 6 heteroatoms. The molecule has 1 aromatic rings. The van der Waals surface area contributed by atoms with E-state index in [2.05, 4.69) is 16.7 Å². The van der Waals surface area contributed by atoms with E-state index >= 15 is 0 Å². The number of nitrogens with one attached hydrogen (secondary N) is 2. The summed E-state index contributed by atoms with van der Waals surface area (Å²) in [5.41, 5.74) is 0.815. The van der Waals surface area contributed by atoms with Gasteiger partial charge in [0, 0.05) is 19.6 Å². The minimum atomic E-state index is -0.384. The molecule has 0 saturated carbocycles. The van der Waals surface area contributed by atoms with Gasteiger partial charge in [-0.1, -0.05) is 18.2 Å². The molecule has 2 aliphatic rings. The summed E-state index contributed by atoms with van der Waals surface area (Å²) in [4.78, 5) is 12.8. The Hall–Kier alpha value is -1.30. The van der Waals surface area contributed by atoms with Crippen LogP contribution in [0.4, 0.5) is 0 Å². The molecule has 134 valence electrons. The van der Waals surface area contributed by atoms with Gasteiger partial charge in [0.05, 0.1) is 18.6 Å². The van der Waals surface area contributed by atoms with Gasteiger partial charge in [-0.05, 0) is 44.0 Å². The topological polar surface area (TPSA) is 59.6 Å². The maximum Gasteiger partial charge on any atom is 0.228 e. The van der Waals surface area contributed by atoms with E-state index in [0.29, 0.717) is 25.7 Å². The quantitative estimate of drug-likeness (QED) is 0.850. The van der Waals surface area contributed by atoms with Crippen molar-refractivity contribution in [3.63, 3.8) is 0 Å². The first-order valence-corrected chi connectivity index (χ1v) is 8.45. The normalized spacial score (nSPS) is 21.8. The summed E-state index contributed by atoms with van der Waals surface area (Å²) in [6.07, 6.45) is 2.60. The van der Waals surface area contributed by atoms with Gasteiger partial charge in [0.1, 0.15) is 5.75 Å². The highest BCUT2D eigenvalue weighted by Crippen LogP contribution is 2.34. The van der Waals surface area contributed by atoms with Gasteiger partial charge in [0.15, 0.2) is 0 Å². The second-order valence-corrected chi connectivity index (χ2v) is 6.55. The van der Waals surface area contributed by atoms with E-state index in [-0.39, 0.29) is 23.7 Å². The third-order valence-electron chi connectivity index (χ3n) is 5.05. The van der Waals surface area contributed by atoms with Crippen molar-refractivity contribution in [3.8, 4) is 5.75 Å². The molecule has 0 spiro atoms. The number of halogens is 1. The molecule has 1 aromatic carbocycles. The van der Waals surface area contributed by atoms with Gasteiger partial charge in [-0.3, -0.25) is 4.79 Å². The van der Waals surface area contributed by atoms with Crippen molar-refractivity contribution in [2.24, 2.45) is 5.41 Å². The fourth-order valence-electron chi connectivity index (χ4n) is 3.65. The maximum atomic E-state index is 12.8. The number of piperidine rings is 1. The van der Waals surface area contributed by atoms with Crippen LogP contribution in [-0.4, -0.2) is 45.9 Å². The number of carbonyl (C=O) groups is 1. The Morgan fingerprint density at radius 3 is 2.88 bits per heavy atom. The molecule has 2 aliphatic heterocycles. The van der Waals surface area contributed by atoms with Gasteiger partial charge >= 0.3 is 0 Å². The first-order valence-electron chi connectivity index (χ1n) is 8.45. The van der Waals surface area contributed by atoms with Crippen LogP contribution >= 0.6 is 12.4 Å². The Morgan fingerprint density at radius 1 is 1.38 bits per heavy atom. The molecule has 1 saturated heterocycles. The molecule has 1 amide bonds. The number of rotatable bonds is 5. The second-order valence-electron chi connectivity index (χ2n) is 6.55. The summed E-state index contributed by atoms with van der Waals surface area (Å²) in [7, 11) is 1.67. The van der Waals surface area contributed by atoms with E-state index in [1.54, 1.807) is 7.11 Å². The summed E-state index contributed by atoms with van der Waals surface area (Å²) in [6.45, 7) is 3.61. The van der Waals surface area contributed by atoms with E-state index in [4.69, 9.17) is 9.47 Å². The molecular formula is C18H27ClN2O3. The zero-order valence-corrected chi connectivity index (χ0v) is 15.0. The van der Waals surface area contributed by atoms with Gasteiger partial charge in [0.25, 0.3) is 0 Å². The van der Waals surface area contributed by atoms with Gasteiger partial charge in [-0.25, -0.2) is 0 Å². The van der Waals surface area contributed by atoms with Crippen molar-refractivity contribution < 1.29 is 14.3 Å². The van der Waals surface area contributed by atoms with E-state index < -0.39 is 0 Å². The number of amides is 1. The summed E-state index contributed by atoms with van der Waals surface area (Å²) >= 11 is 0. The van der Waals surface area contributed by atoms with Gasteiger partial charge in [-0.15, -0.1) is 12.4 Å². The molecule has 5 nitrogen and oxygen atoms in total. The smallest absolute Gasteiger partial charge is 0.228 e. The lowest BCUT2D eigenvalue weighted by molar-refractivity contribution is -0.136. The van der Waals surface area contributed by atoms with Crippen molar-refractivity contribution in [1.29, 1.82) is 0 Å². The maximum absolute atomic E-state index is 12.8. The largest absolute Gasteiger partial charge is 0.493 e. The van der Waals surface area contributed by atoms with Crippen LogP contribution in [0.15, 0.2) is 24.3 Å². The highest BCUT2D eigenvalue weighted by molar-refractivity contribution is 5.85. The third-order valence-corrected chi connectivity index (χ3v) is 5.05. The number of hydrogen-bond donors (Lipinski definition) is 2. The van der Waals surface area contributed by atoms with E-state index in [1.165, 1.54) is 5.56 Å². The molecule has 1 atom stereocenters. The number of hydrogen-bond acceptors (Lipinski definition) is 4. The Labute approximate surface area is 149 Å². The van der Waals surface area contributed by atoms with Crippen molar-refractivity contribution in [1.82, 2.24) is 10.6 Å². The van der Waals surface area contributed by atoms with E-state index in [9.17, 15) is 4.79 Å². The molecular weight excluding hydrogens is 328 g/mol. The third kappa shape index (κ3) is 4.02. The molecule has 0 aliphatic carbocycles. The molecule has 2 N–H and O–H groups in total. The van der Waals surface area contributed by atoms with Gasteiger partial charge < -0.3 is 20.1 Å². The lowest BCUT2D eigenvalue weighted by Gasteiger charge is -2.36. The zero-order chi connectivity index (χ0) is 16.1. The highest BCUT2D eigenvalue weighted by atomic mass is 35.5. The van der Waals surface area contributed by atoms with Crippen LogP contribution in [-0.2, 0) is 9.53 Å². The Morgan fingerprint density at radius 2 is 2.12 bits per heavy atom. The lowest BCUT2D eigenvalue weighted by atomic mass is 9.78. The summed E-state index contributed by atoms with van der Waals surface area (Å²) < 4.78 is 11.0. The van der Waals surface area contributed by atoms with Crippen LogP contribution in [0.1, 0.15) is 30.7 Å². The number of ether oxygens (including phenoxy) is 2. The van der Waals surface area contributed by atoms with Gasteiger partial charge in [0.2, 0.25) is 5.91 Å². The highest BCUT2D eigenvalue weighted by Gasteiger charge is 2.39. The minimum absolute atomic E-state index is 0. The Bertz CT molecular complexity index is 541. The molecule has 0 radical (unpaired) electrons. The molecule has 3 rings (SSSR count). The number of benzene rings is 1. The zero-order valence-electron chi connectivity index (χ0n) is 14.2. The van der Waals surface area contributed by atoms with Crippen LogP contribution < -0.4 is 15.4 Å². The van der Waals surface area contributed by atoms with Crippen molar-refractivity contribution >= 4 is 18.3 Å². The van der Waals surface area contributed by atoms with Gasteiger partial charge in [-0.2, -0.15) is 0 Å². The van der Waals surface area contributed by atoms with E-state index in [1.807, 2.05) is 18.2 Å². The SMILES string of the molecule is COCC1(C(=O)NCC2CCOc3ccccc32)CCNCC1.Cl. The number of carbonyl (C=O) groups excluding carboxylic acids is 1. The predicted molar refractivity (Wildman–Crippen MR) is 96.0 cm³/mol. The first kappa shape index (κ1) is 19.0. The Balaban J connectivity index is 0.00000208. The average Bonchev–Trinajstić information content (AvgIpc) is 2.60. The first-order chi connectivity index (χ1) is 11.2. The number of fused-ring (bicyclic) bond motifs is 1. The van der Waals surface area contributed by atoms with Crippen LogP contribution in [0.2, 0.25) is 0 Å². The lowest BCUT2D eigenvalue weighted by Crippen LogP contribution is -2.50. The standard InChI is InChI=1S/C18H26N2O3.ClH/c1-22-13-18(7-9-19-10-8-18)17(21)20-12-14-6-11-23-16-5-3-2-4-15(14)16;/h2-5,14,19H,6-13H2,1H3,(H,20,21);1H. The fraction of sp³-hybridized carbons (Fsp3) is 0.611. The van der Waals surface area contributed by atoms with Crippen molar-refractivity contribution in [3.05, 3.63) is 29.8 Å². The second kappa shape index (κ2) is 8.70. The van der Waals surface area contributed by atoms with E-state index in [0.717, 1.165) is 38.1 Å². The predicted octanol–water partition coefficient (Wildman–Crippen LogP) is 2.11. The molecule has 1 unspecified atom stereocenters. The number of methoxy groups -OCH3 is 1. The van der Waals surface area contributed by atoms with Crippen LogP contribution in [0.25, 0.3) is 0 Å².